The number of nitrogens with one attached hydrogen (secondary N) is 1. The summed E-state index contributed by atoms with van der Waals surface area (Å²) in [5.41, 5.74) is 0.781. The molecule has 0 atom stereocenters. The summed E-state index contributed by atoms with van der Waals surface area (Å²) in [4.78, 5) is 3.10. The van der Waals surface area contributed by atoms with Crippen LogP contribution >= 0.6 is 0 Å². The first-order chi connectivity index (χ1) is 6.63. The van der Waals surface area contributed by atoms with E-state index in [1.807, 2.05) is 6.07 Å². The van der Waals surface area contributed by atoms with Crippen LogP contribution in [0.2, 0.25) is 0 Å². The van der Waals surface area contributed by atoms with Crippen LogP contribution in [-0.4, -0.2) is 20.5 Å². The van der Waals surface area contributed by atoms with Crippen molar-refractivity contribution in [1.29, 1.82) is 0 Å². The molecule has 0 saturated heterocycles. The minimum Gasteiger partial charge on any atom is -0.361 e. The van der Waals surface area contributed by atoms with Crippen LogP contribution in [0.3, 0.4) is 0 Å². The fraction of sp³-hybridized carbons (Fsp3) is 0.111. The number of hydrogen-bond acceptors (Lipinski definition) is 3. The average Bonchev–Trinajstić information content (AvgIpc) is 2.64. The van der Waals surface area contributed by atoms with Crippen molar-refractivity contribution in [3.63, 3.8) is 0 Å². The molecule has 0 fully saturated rings. The number of aromatic nitrogens is 1. The summed E-state index contributed by atoms with van der Waals surface area (Å²) in [5, 5.41) is 0.972. The highest BCUT2D eigenvalue weighted by Crippen LogP contribution is 2.18. The van der Waals surface area contributed by atoms with Crippen molar-refractivity contribution in [3.8, 4) is 0 Å². The Morgan fingerprint density at radius 1 is 1.29 bits per heavy atom. The summed E-state index contributed by atoms with van der Waals surface area (Å²) in [6.07, 6.45) is 1.76. The summed E-state index contributed by atoms with van der Waals surface area (Å²) in [5.74, 6) is 0. The van der Waals surface area contributed by atoms with Crippen molar-refractivity contribution in [2.75, 3.05) is 7.11 Å². The highest BCUT2D eigenvalue weighted by atomic mass is 32.2. The molecule has 0 amide bonds. The second-order valence-electron chi connectivity index (χ2n) is 2.85. The first-order valence-corrected chi connectivity index (χ1v) is 5.42. The topological polar surface area (TPSA) is 59.2 Å². The van der Waals surface area contributed by atoms with Gasteiger partial charge in [0.15, 0.2) is 0 Å². The first kappa shape index (κ1) is 9.23. The molecule has 4 nitrogen and oxygen atoms in total. The van der Waals surface area contributed by atoms with Gasteiger partial charge in [0.1, 0.15) is 0 Å². The molecule has 0 unspecified atom stereocenters. The third kappa shape index (κ3) is 1.40. The largest absolute Gasteiger partial charge is 0.361 e. The van der Waals surface area contributed by atoms with Gasteiger partial charge in [-0.05, 0) is 23.6 Å². The molecule has 74 valence electrons. The molecular formula is C9H9NO3S. The highest BCUT2D eigenvalue weighted by molar-refractivity contribution is 7.86. The fourth-order valence-electron chi connectivity index (χ4n) is 1.28. The van der Waals surface area contributed by atoms with Crippen LogP contribution in [-0.2, 0) is 14.3 Å². The van der Waals surface area contributed by atoms with Crippen LogP contribution in [0.4, 0.5) is 0 Å². The lowest BCUT2D eigenvalue weighted by atomic mass is 10.2. The molecule has 1 aromatic heterocycles. The van der Waals surface area contributed by atoms with Gasteiger partial charge in [-0.15, -0.1) is 0 Å². The van der Waals surface area contributed by atoms with E-state index in [9.17, 15) is 8.42 Å². The van der Waals surface area contributed by atoms with E-state index in [0.717, 1.165) is 18.0 Å². The van der Waals surface area contributed by atoms with Gasteiger partial charge in [0.25, 0.3) is 10.1 Å². The number of aromatic amines is 1. The molecule has 0 radical (unpaired) electrons. The van der Waals surface area contributed by atoms with E-state index in [0.29, 0.717) is 0 Å². The van der Waals surface area contributed by atoms with E-state index in [-0.39, 0.29) is 4.90 Å². The molecule has 1 N–H and O–H groups in total. The normalized spacial score (nSPS) is 12.1. The lowest BCUT2D eigenvalue weighted by molar-refractivity contribution is 0.398. The monoisotopic (exact) mass is 211 g/mol. The number of hydrogen-bond donors (Lipinski definition) is 1. The molecule has 2 aromatic rings. The smallest absolute Gasteiger partial charge is 0.296 e. The van der Waals surface area contributed by atoms with Gasteiger partial charge in [0, 0.05) is 11.7 Å². The molecule has 0 aliphatic heterocycles. The molecule has 2 rings (SSSR count). The fourth-order valence-corrected chi connectivity index (χ4v) is 1.97. The summed E-state index contributed by atoms with van der Waals surface area (Å²) in [6.45, 7) is 0. The lowest BCUT2D eigenvalue weighted by Crippen LogP contribution is -2.02. The summed E-state index contributed by atoms with van der Waals surface area (Å²) in [6, 6.07) is 6.68. The van der Waals surface area contributed by atoms with E-state index in [4.69, 9.17) is 0 Å². The van der Waals surface area contributed by atoms with Crippen molar-refractivity contribution in [3.05, 3.63) is 30.5 Å². The van der Waals surface area contributed by atoms with Crippen molar-refractivity contribution in [2.45, 2.75) is 4.90 Å². The molecule has 0 spiro atoms. The third-order valence-electron chi connectivity index (χ3n) is 2.03. The Kier molecular flexibility index (Phi) is 2.05. The van der Waals surface area contributed by atoms with Crippen LogP contribution in [0.5, 0.6) is 0 Å². The molecule has 0 aliphatic carbocycles. The predicted octanol–water partition coefficient (Wildman–Crippen LogP) is 1.50. The van der Waals surface area contributed by atoms with E-state index >= 15 is 0 Å². The van der Waals surface area contributed by atoms with Crippen molar-refractivity contribution < 1.29 is 12.6 Å². The van der Waals surface area contributed by atoms with Crippen LogP contribution in [0, 0.1) is 0 Å². The van der Waals surface area contributed by atoms with Gasteiger partial charge in [-0.2, -0.15) is 8.42 Å². The number of benzene rings is 1. The van der Waals surface area contributed by atoms with Gasteiger partial charge in [-0.25, -0.2) is 0 Å². The second-order valence-corrected chi connectivity index (χ2v) is 4.56. The lowest BCUT2D eigenvalue weighted by Gasteiger charge is -2.00. The third-order valence-corrected chi connectivity index (χ3v) is 3.30. The average molecular weight is 211 g/mol. The zero-order valence-electron chi connectivity index (χ0n) is 7.52. The van der Waals surface area contributed by atoms with Gasteiger partial charge in [0.05, 0.1) is 12.0 Å². The zero-order valence-corrected chi connectivity index (χ0v) is 8.34. The number of fused-ring (bicyclic) bond motifs is 1. The Bertz CT molecular complexity index is 556. The minimum atomic E-state index is -3.59. The summed E-state index contributed by atoms with van der Waals surface area (Å²) in [7, 11) is -2.44. The van der Waals surface area contributed by atoms with Gasteiger partial charge < -0.3 is 4.98 Å². The molecule has 0 aliphatic rings. The predicted molar refractivity (Wildman–Crippen MR) is 52.5 cm³/mol. The Hall–Kier alpha value is -1.33. The SMILES string of the molecule is COS(=O)(=O)c1ccc2cc[nH]c2c1. The Balaban J connectivity index is 2.65. The van der Waals surface area contributed by atoms with Gasteiger partial charge >= 0.3 is 0 Å². The quantitative estimate of drug-likeness (QED) is 0.766. The van der Waals surface area contributed by atoms with Crippen LogP contribution in [0.15, 0.2) is 35.4 Å². The molecule has 1 heterocycles. The van der Waals surface area contributed by atoms with Crippen molar-refractivity contribution >= 4 is 21.0 Å². The summed E-state index contributed by atoms with van der Waals surface area (Å²) >= 11 is 0. The maximum atomic E-state index is 11.3. The van der Waals surface area contributed by atoms with E-state index < -0.39 is 10.1 Å². The minimum absolute atomic E-state index is 0.162. The van der Waals surface area contributed by atoms with Gasteiger partial charge in [-0.3, -0.25) is 4.18 Å². The maximum Gasteiger partial charge on any atom is 0.296 e. The van der Waals surface area contributed by atoms with Crippen LogP contribution < -0.4 is 0 Å². The van der Waals surface area contributed by atoms with Crippen molar-refractivity contribution in [1.82, 2.24) is 4.98 Å². The highest BCUT2D eigenvalue weighted by Gasteiger charge is 2.12. The van der Waals surface area contributed by atoms with E-state index in [1.165, 1.54) is 6.07 Å². The Labute approximate surface area is 81.6 Å². The molecule has 5 heteroatoms. The standard InChI is InChI=1S/C9H9NO3S/c1-13-14(11,12)8-3-2-7-4-5-10-9(7)6-8/h2-6,10H,1H3. The number of rotatable bonds is 2. The van der Waals surface area contributed by atoms with E-state index in [1.54, 1.807) is 18.3 Å². The van der Waals surface area contributed by atoms with Gasteiger partial charge in [0.2, 0.25) is 0 Å². The number of H-pyrrole nitrogens is 1. The summed E-state index contributed by atoms with van der Waals surface area (Å²) < 4.78 is 27.1. The second kappa shape index (κ2) is 3.11. The van der Waals surface area contributed by atoms with Crippen molar-refractivity contribution in [2.24, 2.45) is 0 Å². The molecule has 0 bridgehead atoms. The van der Waals surface area contributed by atoms with Crippen LogP contribution in [0.1, 0.15) is 0 Å². The van der Waals surface area contributed by atoms with Crippen LogP contribution in [0.25, 0.3) is 10.9 Å². The molecule has 1 aromatic carbocycles. The molecule has 14 heavy (non-hydrogen) atoms. The zero-order chi connectivity index (χ0) is 10.2. The molecule has 0 saturated carbocycles. The Morgan fingerprint density at radius 3 is 2.79 bits per heavy atom. The first-order valence-electron chi connectivity index (χ1n) is 4.01. The van der Waals surface area contributed by atoms with Gasteiger partial charge in [-0.1, -0.05) is 6.07 Å². The Morgan fingerprint density at radius 2 is 2.07 bits per heavy atom. The van der Waals surface area contributed by atoms with E-state index in [2.05, 4.69) is 9.17 Å². The molecular weight excluding hydrogens is 202 g/mol. The maximum absolute atomic E-state index is 11.3.